The van der Waals surface area contributed by atoms with Gasteiger partial charge in [0.1, 0.15) is 5.75 Å². The molecule has 1 N–H and O–H groups in total. The summed E-state index contributed by atoms with van der Waals surface area (Å²) in [6.07, 6.45) is 3.61. The Balaban J connectivity index is 1.80. The number of ether oxygens (including phenoxy) is 1. The first-order valence-corrected chi connectivity index (χ1v) is 7.96. The van der Waals surface area contributed by atoms with Gasteiger partial charge in [0.05, 0.1) is 0 Å². The number of benzene rings is 1. The van der Waals surface area contributed by atoms with Crippen LogP contribution >= 0.6 is 11.6 Å². The van der Waals surface area contributed by atoms with Crippen molar-refractivity contribution in [3.05, 3.63) is 29.3 Å². The standard InChI is InChI=1S/C16H23ClN2O2/c1-2-19(11-14-5-3-4-10-18-14)16(20)12-21-15-8-6-13(17)7-9-15/h6-9,14,18H,2-5,10-12H2,1H3. The molecular formula is C16H23ClN2O2. The fraction of sp³-hybridized carbons (Fsp3) is 0.562. The summed E-state index contributed by atoms with van der Waals surface area (Å²) in [5, 5.41) is 4.13. The van der Waals surface area contributed by atoms with Gasteiger partial charge >= 0.3 is 0 Å². The molecule has 0 bridgehead atoms. The maximum atomic E-state index is 12.2. The van der Waals surface area contributed by atoms with Gasteiger partial charge in [0, 0.05) is 24.2 Å². The Morgan fingerprint density at radius 2 is 2.14 bits per heavy atom. The Kier molecular flexibility index (Phi) is 6.33. The van der Waals surface area contributed by atoms with Crippen LogP contribution in [0.3, 0.4) is 0 Å². The lowest BCUT2D eigenvalue weighted by Crippen LogP contribution is -2.46. The second-order valence-corrected chi connectivity index (χ2v) is 5.76. The molecule has 0 aromatic heterocycles. The highest BCUT2D eigenvalue weighted by atomic mass is 35.5. The predicted molar refractivity (Wildman–Crippen MR) is 84.8 cm³/mol. The van der Waals surface area contributed by atoms with E-state index >= 15 is 0 Å². The van der Waals surface area contributed by atoms with Crippen molar-refractivity contribution in [2.75, 3.05) is 26.2 Å². The summed E-state index contributed by atoms with van der Waals surface area (Å²) in [6.45, 7) is 4.60. The molecule has 0 spiro atoms. The second kappa shape index (κ2) is 8.25. The Morgan fingerprint density at radius 3 is 2.76 bits per heavy atom. The lowest BCUT2D eigenvalue weighted by atomic mass is 10.0. The topological polar surface area (TPSA) is 41.6 Å². The van der Waals surface area contributed by atoms with Gasteiger partial charge in [-0.3, -0.25) is 4.79 Å². The Hall–Kier alpha value is -1.26. The van der Waals surface area contributed by atoms with Crippen molar-refractivity contribution in [2.24, 2.45) is 0 Å². The van der Waals surface area contributed by atoms with E-state index in [0.29, 0.717) is 23.4 Å². The molecule has 21 heavy (non-hydrogen) atoms. The average molecular weight is 311 g/mol. The summed E-state index contributed by atoms with van der Waals surface area (Å²) in [6, 6.07) is 7.47. The number of rotatable bonds is 6. The summed E-state index contributed by atoms with van der Waals surface area (Å²) >= 11 is 5.82. The number of piperidine rings is 1. The Bertz CT molecular complexity index is 444. The third-order valence-electron chi connectivity index (χ3n) is 3.76. The van der Waals surface area contributed by atoms with Gasteiger partial charge in [-0.25, -0.2) is 0 Å². The van der Waals surface area contributed by atoms with Crippen LogP contribution in [0.15, 0.2) is 24.3 Å². The highest BCUT2D eigenvalue weighted by Crippen LogP contribution is 2.15. The Morgan fingerprint density at radius 1 is 1.38 bits per heavy atom. The first kappa shape index (κ1) is 16.1. The monoisotopic (exact) mass is 310 g/mol. The fourth-order valence-corrected chi connectivity index (χ4v) is 2.65. The van der Waals surface area contributed by atoms with Gasteiger partial charge in [-0.05, 0) is 50.6 Å². The van der Waals surface area contributed by atoms with Crippen molar-refractivity contribution in [1.82, 2.24) is 10.2 Å². The third kappa shape index (κ3) is 5.21. The fourth-order valence-electron chi connectivity index (χ4n) is 2.52. The van der Waals surface area contributed by atoms with E-state index in [2.05, 4.69) is 5.32 Å². The molecule has 0 radical (unpaired) electrons. The zero-order valence-corrected chi connectivity index (χ0v) is 13.2. The van der Waals surface area contributed by atoms with Crippen molar-refractivity contribution in [1.29, 1.82) is 0 Å². The second-order valence-electron chi connectivity index (χ2n) is 5.32. The van der Waals surface area contributed by atoms with Crippen LogP contribution in [0.5, 0.6) is 5.75 Å². The molecule has 1 saturated heterocycles. The molecule has 5 heteroatoms. The number of likely N-dealkylation sites (N-methyl/N-ethyl adjacent to an activating group) is 1. The number of carbonyl (C=O) groups is 1. The van der Waals surface area contributed by atoms with Crippen molar-refractivity contribution in [2.45, 2.75) is 32.2 Å². The smallest absolute Gasteiger partial charge is 0.260 e. The van der Waals surface area contributed by atoms with E-state index < -0.39 is 0 Å². The molecule has 1 aliphatic rings. The lowest BCUT2D eigenvalue weighted by Gasteiger charge is -2.30. The van der Waals surface area contributed by atoms with Crippen LogP contribution in [0, 0.1) is 0 Å². The SMILES string of the molecule is CCN(CC1CCCCN1)C(=O)COc1ccc(Cl)cc1. The predicted octanol–water partition coefficient (Wildman–Crippen LogP) is 2.71. The van der Waals surface area contributed by atoms with Gasteiger partial charge in [-0.1, -0.05) is 18.0 Å². The van der Waals surface area contributed by atoms with Crippen LogP contribution in [0.25, 0.3) is 0 Å². The summed E-state index contributed by atoms with van der Waals surface area (Å²) in [5.74, 6) is 0.694. The van der Waals surface area contributed by atoms with Gasteiger partial charge in [-0.15, -0.1) is 0 Å². The molecule has 1 atom stereocenters. The maximum Gasteiger partial charge on any atom is 0.260 e. The molecule has 1 aromatic rings. The van der Waals surface area contributed by atoms with Crippen LogP contribution in [0.1, 0.15) is 26.2 Å². The van der Waals surface area contributed by atoms with Crippen LogP contribution < -0.4 is 10.1 Å². The molecule has 1 unspecified atom stereocenters. The van der Waals surface area contributed by atoms with E-state index in [1.165, 1.54) is 12.8 Å². The minimum Gasteiger partial charge on any atom is -0.484 e. The molecule has 1 fully saturated rings. The van der Waals surface area contributed by atoms with E-state index in [-0.39, 0.29) is 12.5 Å². The minimum absolute atomic E-state index is 0.0276. The van der Waals surface area contributed by atoms with E-state index in [9.17, 15) is 4.79 Å². The third-order valence-corrected chi connectivity index (χ3v) is 4.02. The highest BCUT2D eigenvalue weighted by molar-refractivity contribution is 6.30. The first-order chi connectivity index (χ1) is 10.2. The molecule has 0 saturated carbocycles. The van der Waals surface area contributed by atoms with Crippen molar-refractivity contribution in [3.63, 3.8) is 0 Å². The van der Waals surface area contributed by atoms with Gasteiger partial charge in [0.2, 0.25) is 0 Å². The number of nitrogens with one attached hydrogen (secondary N) is 1. The molecule has 116 valence electrons. The quantitative estimate of drug-likeness (QED) is 0.878. The normalized spacial score (nSPS) is 18.3. The molecule has 1 heterocycles. The molecule has 4 nitrogen and oxygen atoms in total. The van der Waals surface area contributed by atoms with E-state index in [0.717, 1.165) is 19.5 Å². The van der Waals surface area contributed by atoms with Crippen LogP contribution in [0.2, 0.25) is 5.02 Å². The van der Waals surface area contributed by atoms with Crippen LogP contribution in [-0.4, -0.2) is 43.1 Å². The van der Waals surface area contributed by atoms with Crippen molar-refractivity contribution < 1.29 is 9.53 Å². The molecule has 1 amide bonds. The minimum atomic E-state index is 0.0276. The lowest BCUT2D eigenvalue weighted by molar-refractivity contribution is -0.133. The van der Waals surface area contributed by atoms with Crippen LogP contribution in [-0.2, 0) is 4.79 Å². The Labute approximate surface area is 131 Å². The van der Waals surface area contributed by atoms with Gasteiger partial charge in [-0.2, -0.15) is 0 Å². The van der Waals surface area contributed by atoms with E-state index in [4.69, 9.17) is 16.3 Å². The largest absolute Gasteiger partial charge is 0.484 e. The number of hydrogen-bond acceptors (Lipinski definition) is 3. The highest BCUT2D eigenvalue weighted by Gasteiger charge is 2.19. The van der Waals surface area contributed by atoms with Crippen molar-refractivity contribution >= 4 is 17.5 Å². The number of halogens is 1. The molecule has 2 rings (SSSR count). The first-order valence-electron chi connectivity index (χ1n) is 7.58. The summed E-state index contributed by atoms with van der Waals surface area (Å²) < 4.78 is 5.52. The summed E-state index contributed by atoms with van der Waals surface area (Å²) in [4.78, 5) is 14.1. The van der Waals surface area contributed by atoms with Crippen molar-refractivity contribution in [3.8, 4) is 5.75 Å². The van der Waals surface area contributed by atoms with Gasteiger partial charge in [0.25, 0.3) is 5.91 Å². The maximum absolute atomic E-state index is 12.2. The van der Waals surface area contributed by atoms with Gasteiger partial charge in [0.15, 0.2) is 6.61 Å². The van der Waals surface area contributed by atoms with Gasteiger partial charge < -0.3 is 15.0 Å². The molecule has 0 aliphatic carbocycles. The average Bonchev–Trinajstić information content (AvgIpc) is 2.52. The van der Waals surface area contributed by atoms with E-state index in [1.54, 1.807) is 24.3 Å². The number of carbonyl (C=O) groups excluding carboxylic acids is 1. The molecule has 1 aromatic carbocycles. The molecule has 1 aliphatic heterocycles. The zero-order valence-electron chi connectivity index (χ0n) is 12.5. The zero-order chi connectivity index (χ0) is 15.1. The number of amides is 1. The molecular weight excluding hydrogens is 288 g/mol. The summed E-state index contributed by atoms with van der Waals surface area (Å²) in [7, 11) is 0. The van der Waals surface area contributed by atoms with E-state index in [1.807, 2.05) is 11.8 Å². The number of hydrogen-bond donors (Lipinski definition) is 1. The van der Waals surface area contributed by atoms with Crippen LogP contribution in [0.4, 0.5) is 0 Å². The summed E-state index contributed by atoms with van der Waals surface area (Å²) in [5.41, 5.74) is 0. The number of nitrogens with zero attached hydrogens (tertiary/aromatic N) is 1.